The Morgan fingerprint density at radius 1 is 1.35 bits per heavy atom. The van der Waals surface area contributed by atoms with Crippen molar-refractivity contribution in [2.45, 2.75) is 45.1 Å². The molecule has 108 valence electrons. The van der Waals surface area contributed by atoms with Crippen LogP contribution in [0.3, 0.4) is 0 Å². The fraction of sp³-hybridized carbons (Fsp3) is 0.588. The average molecular weight is 272 g/mol. The first kappa shape index (κ1) is 14.9. The van der Waals surface area contributed by atoms with Gasteiger partial charge in [0.05, 0.1) is 17.7 Å². The number of hydrogen-bond donors (Lipinski definition) is 1. The van der Waals surface area contributed by atoms with Crippen LogP contribution >= 0.6 is 0 Å². The fourth-order valence-corrected chi connectivity index (χ4v) is 3.15. The smallest absolute Gasteiger partial charge is 0.0992 e. The minimum Gasteiger partial charge on any atom is -0.389 e. The predicted molar refractivity (Wildman–Crippen MR) is 81.6 cm³/mol. The maximum absolute atomic E-state index is 9.91. The molecule has 0 spiro atoms. The Morgan fingerprint density at radius 2 is 2.05 bits per heavy atom. The van der Waals surface area contributed by atoms with E-state index in [-0.39, 0.29) is 0 Å². The summed E-state index contributed by atoms with van der Waals surface area (Å²) in [4.78, 5) is 2.21. The van der Waals surface area contributed by atoms with E-state index in [1.54, 1.807) is 13.0 Å². The third-order valence-electron chi connectivity index (χ3n) is 4.28. The van der Waals surface area contributed by atoms with Crippen molar-refractivity contribution in [2.24, 2.45) is 5.92 Å². The summed E-state index contributed by atoms with van der Waals surface area (Å²) in [5.41, 5.74) is 2.55. The van der Waals surface area contributed by atoms with Crippen molar-refractivity contribution >= 4 is 5.69 Å². The van der Waals surface area contributed by atoms with Gasteiger partial charge in [0.25, 0.3) is 0 Å². The molecule has 1 atom stereocenters. The van der Waals surface area contributed by atoms with Crippen LogP contribution < -0.4 is 4.90 Å². The van der Waals surface area contributed by atoms with Gasteiger partial charge in [-0.1, -0.05) is 25.3 Å². The Hall–Kier alpha value is -1.53. The van der Waals surface area contributed by atoms with Crippen molar-refractivity contribution in [3.05, 3.63) is 29.3 Å². The average Bonchev–Trinajstić information content (AvgIpc) is 2.47. The van der Waals surface area contributed by atoms with E-state index in [2.05, 4.69) is 18.0 Å². The van der Waals surface area contributed by atoms with Gasteiger partial charge in [-0.25, -0.2) is 0 Å². The van der Waals surface area contributed by atoms with Crippen molar-refractivity contribution < 1.29 is 5.11 Å². The van der Waals surface area contributed by atoms with E-state index in [0.717, 1.165) is 23.7 Å². The van der Waals surface area contributed by atoms with Gasteiger partial charge in [0, 0.05) is 24.8 Å². The van der Waals surface area contributed by atoms with Crippen LogP contribution in [-0.2, 0) is 0 Å². The van der Waals surface area contributed by atoms with Crippen molar-refractivity contribution in [1.82, 2.24) is 0 Å². The number of aliphatic hydroxyl groups is 1. The zero-order valence-corrected chi connectivity index (χ0v) is 12.5. The highest BCUT2D eigenvalue weighted by atomic mass is 16.3. The standard InChI is InChI=1S/C17H24N2O/c1-13(20)16-9-8-15(11-18)10-17(16)19(2)12-14-6-4-3-5-7-14/h8-10,13-14,20H,3-7,12H2,1-2H3. The minimum atomic E-state index is -0.508. The maximum Gasteiger partial charge on any atom is 0.0992 e. The topological polar surface area (TPSA) is 47.3 Å². The molecule has 0 aromatic heterocycles. The minimum absolute atomic E-state index is 0.508. The van der Waals surface area contributed by atoms with Gasteiger partial charge < -0.3 is 10.0 Å². The highest BCUT2D eigenvalue weighted by Crippen LogP contribution is 2.30. The van der Waals surface area contributed by atoms with Gasteiger partial charge in [0.15, 0.2) is 0 Å². The molecule has 1 unspecified atom stereocenters. The summed E-state index contributed by atoms with van der Waals surface area (Å²) in [6.45, 7) is 2.79. The van der Waals surface area contributed by atoms with Gasteiger partial charge in [-0.05, 0) is 37.8 Å². The zero-order valence-electron chi connectivity index (χ0n) is 12.5. The monoisotopic (exact) mass is 272 g/mol. The SMILES string of the molecule is CC(O)c1ccc(C#N)cc1N(C)CC1CCCCC1. The van der Waals surface area contributed by atoms with Gasteiger partial charge >= 0.3 is 0 Å². The molecule has 1 aromatic rings. The Balaban J connectivity index is 2.18. The lowest BCUT2D eigenvalue weighted by molar-refractivity contribution is 0.199. The first-order valence-corrected chi connectivity index (χ1v) is 7.55. The number of benzene rings is 1. The summed E-state index contributed by atoms with van der Waals surface area (Å²) >= 11 is 0. The van der Waals surface area contributed by atoms with Gasteiger partial charge in [-0.15, -0.1) is 0 Å². The molecule has 1 fully saturated rings. The lowest BCUT2D eigenvalue weighted by Crippen LogP contribution is -2.27. The van der Waals surface area contributed by atoms with Gasteiger partial charge in [-0.2, -0.15) is 5.26 Å². The molecule has 0 saturated heterocycles. The van der Waals surface area contributed by atoms with E-state index in [1.165, 1.54) is 32.1 Å². The molecule has 20 heavy (non-hydrogen) atoms. The lowest BCUT2D eigenvalue weighted by atomic mass is 9.88. The molecule has 0 heterocycles. The third-order valence-corrected chi connectivity index (χ3v) is 4.28. The van der Waals surface area contributed by atoms with E-state index >= 15 is 0 Å². The first-order valence-electron chi connectivity index (χ1n) is 7.55. The lowest BCUT2D eigenvalue weighted by Gasteiger charge is -2.30. The highest BCUT2D eigenvalue weighted by Gasteiger charge is 2.18. The largest absolute Gasteiger partial charge is 0.389 e. The molecule has 0 amide bonds. The predicted octanol–water partition coefficient (Wildman–Crippen LogP) is 3.63. The second-order valence-electron chi connectivity index (χ2n) is 5.95. The number of nitriles is 1. The van der Waals surface area contributed by atoms with E-state index in [0.29, 0.717) is 5.56 Å². The Morgan fingerprint density at radius 3 is 2.65 bits per heavy atom. The molecule has 1 saturated carbocycles. The first-order chi connectivity index (χ1) is 9.61. The second kappa shape index (κ2) is 6.76. The van der Waals surface area contributed by atoms with Crippen LogP contribution in [0.1, 0.15) is 56.3 Å². The van der Waals surface area contributed by atoms with Crippen LogP contribution in [-0.4, -0.2) is 18.7 Å². The number of anilines is 1. The molecule has 1 N–H and O–H groups in total. The van der Waals surface area contributed by atoms with Crippen LogP contribution in [0.15, 0.2) is 18.2 Å². The highest BCUT2D eigenvalue weighted by molar-refractivity contribution is 5.58. The molecule has 2 rings (SSSR count). The molecule has 0 aliphatic heterocycles. The molecule has 3 heteroatoms. The Kier molecular flexibility index (Phi) is 5.03. The van der Waals surface area contributed by atoms with Crippen LogP contribution in [0.5, 0.6) is 0 Å². The third kappa shape index (κ3) is 3.52. The molecule has 0 radical (unpaired) electrons. The van der Waals surface area contributed by atoms with Gasteiger partial charge in [0.2, 0.25) is 0 Å². The maximum atomic E-state index is 9.91. The summed E-state index contributed by atoms with van der Waals surface area (Å²) in [7, 11) is 2.07. The quantitative estimate of drug-likeness (QED) is 0.910. The summed E-state index contributed by atoms with van der Waals surface area (Å²) in [5, 5.41) is 19.0. The van der Waals surface area contributed by atoms with Crippen molar-refractivity contribution in [3.8, 4) is 6.07 Å². The molecule has 1 aliphatic carbocycles. The molecular formula is C17H24N2O. The summed E-state index contributed by atoms with van der Waals surface area (Å²) in [6, 6.07) is 7.73. The normalized spacial score (nSPS) is 17.5. The van der Waals surface area contributed by atoms with Gasteiger partial charge in [0.1, 0.15) is 0 Å². The fourth-order valence-electron chi connectivity index (χ4n) is 3.15. The molecule has 1 aliphatic rings. The molecule has 3 nitrogen and oxygen atoms in total. The summed E-state index contributed by atoms with van der Waals surface area (Å²) in [6.07, 6.45) is 6.12. The summed E-state index contributed by atoms with van der Waals surface area (Å²) in [5.74, 6) is 0.737. The number of aliphatic hydroxyl groups excluding tert-OH is 1. The molecular weight excluding hydrogens is 248 g/mol. The van der Waals surface area contributed by atoms with Crippen LogP contribution in [0, 0.1) is 17.2 Å². The van der Waals surface area contributed by atoms with Crippen molar-refractivity contribution in [2.75, 3.05) is 18.5 Å². The van der Waals surface area contributed by atoms with E-state index < -0.39 is 6.10 Å². The van der Waals surface area contributed by atoms with E-state index in [4.69, 9.17) is 5.26 Å². The number of rotatable bonds is 4. The molecule has 0 bridgehead atoms. The van der Waals surface area contributed by atoms with E-state index in [9.17, 15) is 5.11 Å². The summed E-state index contributed by atoms with van der Waals surface area (Å²) < 4.78 is 0. The van der Waals surface area contributed by atoms with Gasteiger partial charge in [-0.3, -0.25) is 0 Å². The second-order valence-corrected chi connectivity index (χ2v) is 5.95. The Labute approximate surface area is 121 Å². The number of hydrogen-bond acceptors (Lipinski definition) is 3. The number of nitrogens with zero attached hydrogens (tertiary/aromatic N) is 2. The Bertz CT molecular complexity index is 484. The van der Waals surface area contributed by atoms with Crippen molar-refractivity contribution in [3.63, 3.8) is 0 Å². The van der Waals surface area contributed by atoms with Crippen LogP contribution in [0.25, 0.3) is 0 Å². The zero-order chi connectivity index (χ0) is 14.5. The molecule has 1 aromatic carbocycles. The van der Waals surface area contributed by atoms with Crippen LogP contribution in [0.2, 0.25) is 0 Å². The van der Waals surface area contributed by atoms with Crippen LogP contribution in [0.4, 0.5) is 5.69 Å². The van der Waals surface area contributed by atoms with Crippen molar-refractivity contribution in [1.29, 1.82) is 5.26 Å². The van der Waals surface area contributed by atoms with E-state index in [1.807, 2.05) is 12.1 Å².